The van der Waals surface area contributed by atoms with E-state index in [-0.39, 0.29) is 12.3 Å². The molecule has 2 amide bonds. The number of anilines is 2. The van der Waals surface area contributed by atoms with Crippen molar-refractivity contribution in [1.82, 2.24) is 0 Å². The summed E-state index contributed by atoms with van der Waals surface area (Å²) in [5, 5.41) is 12.5. The smallest absolute Gasteiger partial charge is 0.450 e. The Morgan fingerprint density at radius 1 is 1.23 bits per heavy atom. The summed E-state index contributed by atoms with van der Waals surface area (Å²) >= 11 is 12.4. The topological polar surface area (TPSA) is 122 Å². The molecular formula is C20H17Cl2N3O5. The summed E-state index contributed by atoms with van der Waals surface area (Å²) in [7, 11) is 1.56. The Balaban J connectivity index is 1.94. The van der Waals surface area contributed by atoms with Crippen molar-refractivity contribution in [2.75, 3.05) is 17.3 Å². The molecule has 1 unspecified atom stereocenters. The number of amides is 2. The number of carbonyl (C=O) groups excluding carboxylic acids is 2. The Kier molecular flexibility index (Phi) is 6.19. The second-order valence-electron chi connectivity index (χ2n) is 6.51. The lowest BCUT2D eigenvalue weighted by atomic mass is 9.95. The number of nitrogens with zero attached hydrogens (tertiary/aromatic N) is 1. The van der Waals surface area contributed by atoms with Gasteiger partial charge in [0.2, 0.25) is 5.91 Å². The van der Waals surface area contributed by atoms with Crippen LogP contribution in [0, 0.1) is 0 Å². The van der Waals surface area contributed by atoms with Gasteiger partial charge in [0.05, 0.1) is 5.02 Å². The number of carbonyl (C=O) groups is 3. The van der Waals surface area contributed by atoms with E-state index in [0.29, 0.717) is 38.1 Å². The van der Waals surface area contributed by atoms with E-state index < -0.39 is 18.3 Å². The number of rotatable bonds is 4. The Bertz CT molecular complexity index is 1050. The van der Waals surface area contributed by atoms with Crippen molar-refractivity contribution in [3.05, 3.63) is 63.6 Å². The third-order valence-corrected chi connectivity index (χ3v) is 5.02. The van der Waals surface area contributed by atoms with Crippen LogP contribution in [0.15, 0.2) is 42.5 Å². The fourth-order valence-corrected chi connectivity index (χ4v) is 3.70. The summed E-state index contributed by atoms with van der Waals surface area (Å²) in [4.78, 5) is 36.4. The van der Waals surface area contributed by atoms with E-state index in [9.17, 15) is 14.4 Å². The van der Waals surface area contributed by atoms with E-state index in [0.717, 1.165) is 0 Å². The Labute approximate surface area is 181 Å². The highest BCUT2D eigenvalue weighted by Gasteiger charge is 2.28. The summed E-state index contributed by atoms with van der Waals surface area (Å²) < 4.78 is 4.83. The van der Waals surface area contributed by atoms with Crippen molar-refractivity contribution in [2.45, 2.75) is 12.6 Å². The average molecular weight is 450 g/mol. The highest BCUT2D eigenvalue weighted by molar-refractivity contribution is 6.36. The van der Waals surface area contributed by atoms with Crippen LogP contribution in [-0.2, 0) is 9.53 Å². The average Bonchev–Trinajstić information content (AvgIpc) is 2.66. The van der Waals surface area contributed by atoms with Crippen molar-refractivity contribution >= 4 is 58.1 Å². The maximum atomic E-state index is 12.9. The van der Waals surface area contributed by atoms with Gasteiger partial charge in [-0.05, 0) is 42.0 Å². The van der Waals surface area contributed by atoms with Gasteiger partial charge in [-0.1, -0.05) is 23.2 Å². The standard InChI is InChI=1S/C20H17Cl2N3O5/c1-25(13-4-2-10(3-5-13)19(23)27)17(26)7-11-6-16(30-20(28)29)24-15-9-12(21)8-14(22)18(11)15/h2-5,7-9,16,24H,6H2,1H3,(H2,23,27)(H,28,29)/b11-7+. The van der Waals surface area contributed by atoms with Crippen LogP contribution >= 0.6 is 23.2 Å². The molecule has 0 aromatic heterocycles. The highest BCUT2D eigenvalue weighted by Crippen LogP contribution is 2.40. The van der Waals surface area contributed by atoms with Gasteiger partial charge in [-0.25, -0.2) is 4.79 Å². The predicted molar refractivity (Wildman–Crippen MR) is 114 cm³/mol. The second kappa shape index (κ2) is 8.64. The van der Waals surface area contributed by atoms with Gasteiger partial charge in [-0.15, -0.1) is 0 Å². The van der Waals surface area contributed by atoms with E-state index in [1.165, 1.54) is 29.2 Å². The number of hydrogen-bond donors (Lipinski definition) is 3. The molecule has 0 radical (unpaired) electrons. The summed E-state index contributed by atoms with van der Waals surface area (Å²) in [6.07, 6.45) is -0.925. The largest absolute Gasteiger partial charge is 0.507 e. The first-order chi connectivity index (χ1) is 14.2. The zero-order valence-corrected chi connectivity index (χ0v) is 17.2. The fraction of sp³-hybridized carbons (Fsp3) is 0.150. The van der Waals surface area contributed by atoms with Crippen LogP contribution in [-0.4, -0.2) is 36.4 Å². The van der Waals surface area contributed by atoms with Crippen LogP contribution in [0.4, 0.5) is 16.2 Å². The van der Waals surface area contributed by atoms with Crippen LogP contribution in [0.25, 0.3) is 5.57 Å². The molecule has 2 aromatic carbocycles. The van der Waals surface area contributed by atoms with Gasteiger partial charge in [0.25, 0.3) is 5.91 Å². The lowest BCUT2D eigenvalue weighted by Gasteiger charge is -2.29. The molecule has 0 bridgehead atoms. The molecule has 8 nitrogen and oxygen atoms in total. The van der Waals surface area contributed by atoms with Gasteiger partial charge in [-0.3, -0.25) is 9.59 Å². The van der Waals surface area contributed by atoms with Crippen LogP contribution in [0.2, 0.25) is 10.0 Å². The van der Waals surface area contributed by atoms with Gasteiger partial charge in [0, 0.05) is 47.1 Å². The van der Waals surface area contributed by atoms with Crippen LogP contribution in [0.1, 0.15) is 22.3 Å². The molecular weight excluding hydrogens is 433 g/mol. The normalized spacial score (nSPS) is 16.4. The molecule has 10 heteroatoms. The number of fused-ring (bicyclic) bond motifs is 1. The molecule has 30 heavy (non-hydrogen) atoms. The van der Waals surface area contributed by atoms with Crippen LogP contribution in [0.3, 0.4) is 0 Å². The first-order valence-corrected chi connectivity index (χ1v) is 9.45. The Morgan fingerprint density at radius 2 is 1.90 bits per heavy atom. The van der Waals surface area contributed by atoms with Gasteiger partial charge in [0.1, 0.15) is 0 Å². The lowest BCUT2D eigenvalue weighted by molar-refractivity contribution is -0.113. The predicted octanol–water partition coefficient (Wildman–Crippen LogP) is 3.98. The quantitative estimate of drug-likeness (QED) is 0.479. The molecule has 1 aliphatic rings. The molecule has 1 aliphatic heterocycles. The number of halogens is 2. The number of likely N-dealkylation sites (N-methyl/N-ethyl adjacent to an activating group) is 1. The van der Waals surface area contributed by atoms with Crippen LogP contribution < -0.4 is 16.0 Å². The molecule has 0 saturated heterocycles. The summed E-state index contributed by atoms with van der Waals surface area (Å²) in [6, 6.07) is 9.33. The molecule has 0 fully saturated rings. The number of nitrogens with one attached hydrogen (secondary N) is 1. The molecule has 0 aliphatic carbocycles. The molecule has 2 aromatic rings. The third-order valence-electron chi connectivity index (χ3n) is 4.51. The van der Waals surface area contributed by atoms with Crippen LogP contribution in [0.5, 0.6) is 0 Å². The Morgan fingerprint density at radius 3 is 2.50 bits per heavy atom. The minimum absolute atomic E-state index is 0.0842. The number of primary amides is 1. The van der Waals surface area contributed by atoms with Gasteiger partial charge < -0.3 is 25.8 Å². The molecule has 3 rings (SSSR count). The van der Waals surface area contributed by atoms with E-state index in [1.807, 2.05) is 0 Å². The van der Waals surface area contributed by atoms with Crippen molar-refractivity contribution < 1.29 is 24.2 Å². The number of ether oxygens (including phenoxy) is 1. The maximum Gasteiger partial charge on any atom is 0.507 e. The minimum Gasteiger partial charge on any atom is -0.450 e. The van der Waals surface area contributed by atoms with Crippen molar-refractivity contribution in [3.8, 4) is 0 Å². The van der Waals surface area contributed by atoms with E-state index >= 15 is 0 Å². The monoisotopic (exact) mass is 449 g/mol. The molecule has 1 heterocycles. The number of benzene rings is 2. The highest BCUT2D eigenvalue weighted by atomic mass is 35.5. The molecule has 1 atom stereocenters. The van der Waals surface area contributed by atoms with Gasteiger partial charge >= 0.3 is 6.16 Å². The fourth-order valence-electron chi connectivity index (χ4n) is 3.09. The Hall–Kier alpha value is -3.23. The number of carboxylic acid groups (broad SMARTS) is 1. The SMILES string of the molecule is CN(C(=O)/C=C1\CC(OC(=O)O)Nc2cc(Cl)cc(Cl)c21)c1ccc(C(N)=O)cc1. The maximum absolute atomic E-state index is 12.9. The summed E-state index contributed by atoms with van der Waals surface area (Å²) in [6.45, 7) is 0. The molecule has 0 saturated carbocycles. The van der Waals surface area contributed by atoms with Crippen molar-refractivity contribution in [3.63, 3.8) is 0 Å². The van der Waals surface area contributed by atoms with Crippen molar-refractivity contribution in [1.29, 1.82) is 0 Å². The zero-order chi connectivity index (χ0) is 22.0. The summed E-state index contributed by atoms with van der Waals surface area (Å²) in [5.41, 5.74) is 7.57. The first-order valence-electron chi connectivity index (χ1n) is 8.69. The van der Waals surface area contributed by atoms with Gasteiger partial charge in [-0.2, -0.15) is 0 Å². The third kappa shape index (κ3) is 4.67. The zero-order valence-electron chi connectivity index (χ0n) is 15.7. The number of hydrogen-bond acceptors (Lipinski definition) is 5. The second-order valence-corrected chi connectivity index (χ2v) is 7.35. The number of nitrogens with two attached hydrogens (primary N) is 1. The van der Waals surface area contributed by atoms with E-state index in [1.54, 1.807) is 25.2 Å². The van der Waals surface area contributed by atoms with Crippen molar-refractivity contribution in [2.24, 2.45) is 5.73 Å². The summed E-state index contributed by atoms with van der Waals surface area (Å²) in [5.74, 6) is -0.952. The molecule has 4 N–H and O–H groups in total. The van der Waals surface area contributed by atoms with E-state index in [2.05, 4.69) is 5.32 Å². The molecule has 156 valence electrons. The minimum atomic E-state index is -1.46. The lowest BCUT2D eigenvalue weighted by Crippen LogP contribution is -2.31. The molecule has 0 spiro atoms. The van der Waals surface area contributed by atoms with E-state index in [4.69, 9.17) is 38.8 Å². The first kappa shape index (κ1) is 21.5. The van der Waals surface area contributed by atoms with Gasteiger partial charge in [0.15, 0.2) is 6.23 Å².